The van der Waals surface area contributed by atoms with Gasteiger partial charge < -0.3 is 14.6 Å². The zero-order chi connectivity index (χ0) is 12.3. The molecule has 16 heavy (non-hydrogen) atoms. The number of hydrogen-bond acceptors (Lipinski definition) is 5. The second kappa shape index (κ2) is 5.31. The van der Waals surface area contributed by atoms with Gasteiger partial charge in [0, 0.05) is 10.6 Å². The highest BCUT2D eigenvalue weighted by atomic mass is 32.2. The van der Waals surface area contributed by atoms with E-state index in [1.165, 1.54) is 0 Å². The van der Waals surface area contributed by atoms with Gasteiger partial charge in [-0.25, -0.2) is 0 Å². The van der Waals surface area contributed by atoms with Gasteiger partial charge in [0.25, 0.3) is 0 Å². The summed E-state index contributed by atoms with van der Waals surface area (Å²) in [6.07, 6.45) is 1.35. The summed E-state index contributed by atoms with van der Waals surface area (Å²) in [5.41, 5.74) is 0.817. The van der Waals surface area contributed by atoms with Crippen molar-refractivity contribution in [1.29, 1.82) is 0 Å². The fourth-order valence-corrected chi connectivity index (χ4v) is 2.53. The monoisotopic (exact) mass is 245 g/mol. The number of rotatable bonds is 4. The van der Waals surface area contributed by atoms with Crippen molar-refractivity contribution in [3.8, 4) is 0 Å². The third kappa shape index (κ3) is 2.85. The van der Waals surface area contributed by atoms with E-state index in [9.17, 15) is 5.11 Å². The number of thioether (sulfide) groups is 1. The zero-order valence-corrected chi connectivity index (χ0v) is 11.0. The zero-order valence-electron chi connectivity index (χ0n) is 10.2. The molecule has 0 saturated carbocycles. The van der Waals surface area contributed by atoms with E-state index in [1.807, 2.05) is 27.0 Å². The van der Waals surface area contributed by atoms with Crippen LogP contribution in [-0.2, 0) is 9.47 Å². The molecule has 2 atom stereocenters. The Morgan fingerprint density at radius 3 is 2.56 bits per heavy atom. The minimum atomic E-state index is -0.666. The molecule has 0 bridgehead atoms. The number of allylic oxidation sites excluding steroid dienone is 1. The molecule has 0 aliphatic carbocycles. The summed E-state index contributed by atoms with van der Waals surface area (Å²) in [6.45, 7) is 8.99. The Bertz CT molecular complexity index is 302. The summed E-state index contributed by atoms with van der Waals surface area (Å²) in [7, 11) is 0. The molecule has 0 aromatic carbocycles. The standard InChI is InChI=1S/C11H19NO3S/c1-7(12-4)10(16-5)9-8(6-13)14-11(2,3)15-9/h8-9,13H,4,6H2,1-3,5H3/b10-7-. The van der Waals surface area contributed by atoms with Crippen molar-refractivity contribution in [3.63, 3.8) is 0 Å². The van der Waals surface area contributed by atoms with Gasteiger partial charge in [0.15, 0.2) is 5.79 Å². The van der Waals surface area contributed by atoms with Crippen molar-refractivity contribution in [2.24, 2.45) is 4.99 Å². The maximum absolute atomic E-state index is 9.28. The summed E-state index contributed by atoms with van der Waals surface area (Å²) in [6, 6.07) is 0. The van der Waals surface area contributed by atoms with E-state index in [0.717, 1.165) is 10.6 Å². The first-order valence-corrected chi connectivity index (χ1v) is 6.35. The molecule has 5 heteroatoms. The van der Waals surface area contributed by atoms with Crippen LogP contribution in [0.25, 0.3) is 0 Å². The van der Waals surface area contributed by atoms with E-state index < -0.39 is 5.79 Å². The van der Waals surface area contributed by atoms with Crippen LogP contribution in [0.3, 0.4) is 0 Å². The lowest BCUT2D eigenvalue weighted by Crippen LogP contribution is -2.27. The Kier molecular flexibility index (Phi) is 4.55. The summed E-state index contributed by atoms with van der Waals surface area (Å²) < 4.78 is 11.4. The molecule has 2 unspecified atom stereocenters. The number of hydrogen-bond donors (Lipinski definition) is 1. The molecule has 0 amide bonds. The van der Waals surface area contributed by atoms with Crippen LogP contribution in [0.15, 0.2) is 15.6 Å². The first kappa shape index (κ1) is 13.7. The minimum absolute atomic E-state index is 0.0669. The van der Waals surface area contributed by atoms with Crippen molar-refractivity contribution >= 4 is 18.5 Å². The van der Waals surface area contributed by atoms with E-state index in [4.69, 9.17) is 9.47 Å². The van der Waals surface area contributed by atoms with Gasteiger partial charge in [-0.05, 0) is 33.7 Å². The fraction of sp³-hybridized carbons (Fsp3) is 0.727. The topological polar surface area (TPSA) is 51.0 Å². The molecule has 4 nitrogen and oxygen atoms in total. The Balaban J connectivity index is 2.98. The maximum Gasteiger partial charge on any atom is 0.164 e. The first-order chi connectivity index (χ1) is 7.45. The fourth-order valence-electron chi connectivity index (χ4n) is 1.74. The van der Waals surface area contributed by atoms with Gasteiger partial charge >= 0.3 is 0 Å². The molecule has 0 radical (unpaired) electrons. The van der Waals surface area contributed by atoms with Crippen molar-refractivity contribution in [2.45, 2.75) is 38.8 Å². The van der Waals surface area contributed by atoms with E-state index >= 15 is 0 Å². The molecule has 92 valence electrons. The van der Waals surface area contributed by atoms with Gasteiger partial charge in [0.05, 0.1) is 6.61 Å². The Hall–Kier alpha value is -0.360. The quantitative estimate of drug-likeness (QED) is 0.767. The predicted octanol–water partition coefficient (Wildman–Crippen LogP) is 1.79. The molecule has 1 heterocycles. The van der Waals surface area contributed by atoms with Gasteiger partial charge in [-0.3, -0.25) is 4.99 Å². The molecule has 1 aliphatic rings. The van der Waals surface area contributed by atoms with Crippen molar-refractivity contribution < 1.29 is 14.6 Å². The molecule has 1 fully saturated rings. The second-order valence-electron chi connectivity index (χ2n) is 4.09. The highest BCUT2D eigenvalue weighted by Gasteiger charge is 2.43. The van der Waals surface area contributed by atoms with E-state index in [1.54, 1.807) is 11.8 Å². The van der Waals surface area contributed by atoms with Crippen LogP contribution in [0.4, 0.5) is 0 Å². The van der Waals surface area contributed by atoms with Gasteiger partial charge in [-0.1, -0.05) is 0 Å². The van der Waals surface area contributed by atoms with Crippen LogP contribution in [0.5, 0.6) is 0 Å². The molecule has 1 rings (SSSR count). The maximum atomic E-state index is 9.28. The third-order valence-corrected chi connectivity index (χ3v) is 3.40. The van der Waals surface area contributed by atoms with Crippen molar-refractivity contribution in [3.05, 3.63) is 10.6 Å². The van der Waals surface area contributed by atoms with Crippen LogP contribution in [0.2, 0.25) is 0 Å². The highest BCUT2D eigenvalue weighted by molar-refractivity contribution is 8.02. The van der Waals surface area contributed by atoms with E-state index in [0.29, 0.717) is 0 Å². The Morgan fingerprint density at radius 2 is 2.12 bits per heavy atom. The summed E-state index contributed by atoms with van der Waals surface area (Å²) in [5.74, 6) is -0.666. The molecule has 0 aromatic rings. The summed E-state index contributed by atoms with van der Waals surface area (Å²) in [4.78, 5) is 4.87. The number of aliphatic imine (C=N–C) groups is 1. The molecular formula is C11H19NO3S. The smallest absolute Gasteiger partial charge is 0.164 e. The van der Waals surface area contributed by atoms with Crippen LogP contribution in [0.1, 0.15) is 20.8 Å². The van der Waals surface area contributed by atoms with Crippen molar-refractivity contribution in [1.82, 2.24) is 0 Å². The minimum Gasteiger partial charge on any atom is -0.394 e. The predicted molar refractivity (Wildman–Crippen MR) is 66.7 cm³/mol. The number of nitrogens with zero attached hydrogens (tertiary/aromatic N) is 1. The average molecular weight is 245 g/mol. The number of ether oxygens (including phenoxy) is 2. The lowest BCUT2D eigenvalue weighted by atomic mass is 10.2. The number of aliphatic hydroxyl groups is 1. The van der Waals surface area contributed by atoms with Gasteiger partial charge in [-0.2, -0.15) is 0 Å². The van der Waals surface area contributed by atoms with Crippen LogP contribution in [-0.4, -0.2) is 42.7 Å². The molecular weight excluding hydrogens is 226 g/mol. The van der Waals surface area contributed by atoms with Crippen molar-refractivity contribution in [2.75, 3.05) is 12.9 Å². The average Bonchev–Trinajstić information content (AvgIpc) is 2.54. The van der Waals surface area contributed by atoms with E-state index in [-0.39, 0.29) is 18.8 Å². The van der Waals surface area contributed by atoms with Gasteiger partial charge in [0.1, 0.15) is 12.2 Å². The molecule has 1 saturated heterocycles. The van der Waals surface area contributed by atoms with Gasteiger partial charge in [0.2, 0.25) is 0 Å². The van der Waals surface area contributed by atoms with E-state index in [2.05, 4.69) is 11.7 Å². The number of aliphatic hydroxyl groups excluding tert-OH is 1. The van der Waals surface area contributed by atoms with Crippen LogP contribution < -0.4 is 0 Å². The Labute approximate surface area is 101 Å². The summed E-state index contributed by atoms with van der Waals surface area (Å²) in [5, 5.41) is 9.28. The first-order valence-electron chi connectivity index (χ1n) is 5.13. The van der Waals surface area contributed by atoms with Gasteiger partial charge in [-0.15, -0.1) is 11.8 Å². The Morgan fingerprint density at radius 1 is 1.50 bits per heavy atom. The molecule has 1 aliphatic heterocycles. The SMILES string of the molecule is C=N/C(C)=C(\SC)C1OC(C)(C)OC1CO. The van der Waals surface area contributed by atoms with Crippen LogP contribution in [0, 0.1) is 0 Å². The third-order valence-electron chi connectivity index (χ3n) is 2.44. The lowest BCUT2D eigenvalue weighted by Gasteiger charge is -2.19. The lowest BCUT2D eigenvalue weighted by molar-refractivity contribution is -0.146. The summed E-state index contributed by atoms with van der Waals surface area (Å²) >= 11 is 1.55. The molecule has 1 N–H and O–H groups in total. The highest BCUT2D eigenvalue weighted by Crippen LogP contribution is 2.36. The largest absolute Gasteiger partial charge is 0.394 e. The molecule has 0 spiro atoms. The molecule has 0 aromatic heterocycles. The van der Waals surface area contributed by atoms with Crippen LogP contribution >= 0.6 is 11.8 Å². The normalized spacial score (nSPS) is 30.1. The second-order valence-corrected chi connectivity index (χ2v) is 4.94.